The van der Waals surface area contributed by atoms with E-state index in [-0.39, 0.29) is 5.91 Å². The van der Waals surface area contributed by atoms with Crippen LogP contribution in [0.4, 0.5) is 0 Å². The molecule has 25 heavy (non-hydrogen) atoms. The van der Waals surface area contributed by atoms with Gasteiger partial charge in [-0.05, 0) is 43.0 Å². The van der Waals surface area contributed by atoms with Crippen LogP contribution in [0.2, 0.25) is 0 Å². The van der Waals surface area contributed by atoms with Crippen LogP contribution >= 0.6 is 0 Å². The Labute approximate surface area is 147 Å². The molecule has 3 aromatic rings. The number of hydrogen-bond acceptors (Lipinski definition) is 3. The number of aryl methyl sites for hydroxylation is 1. The predicted molar refractivity (Wildman–Crippen MR) is 98.8 cm³/mol. The van der Waals surface area contributed by atoms with Gasteiger partial charge in [0.1, 0.15) is 11.3 Å². The van der Waals surface area contributed by atoms with E-state index >= 15 is 0 Å². The molecule has 0 unspecified atom stereocenters. The standard InChI is InChI=1S/C21H23NO3/c1-16-7-2-4-9-19(16)24-14-6-11-21(23)22-13-12-17-15-25-20-10-5-3-8-18(17)20/h2-5,7-10,15H,6,11-14H2,1H3,(H,22,23). The molecule has 0 radical (unpaired) electrons. The molecule has 1 N–H and O–H groups in total. The number of ether oxygens (including phenoxy) is 1. The van der Waals surface area contributed by atoms with Gasteiger partial charge in [0, 0.05) is 18.4 Å². The Morgan fingerprint density at radius 2 is 1.92 bits per heavy atom. The molecule has 130 valence electrons. The van der Waals surface area contributed by atoms with E-state index in [1.54, 1.807) is 6.26 Å². The van der Waals surface area contributed by atoms with Crippen molar-refractivity contribution >= 4 is 16.9 Å². The molecule has 3 rings (SSSR count). The van der Waals surface area contributed by atoms with Crippen molar-refractivity contribution in [3.8, 4) is 5.75 Å². The fourth-order valence-corrected chi connectivity index (χ4v) is 2.78. The van der Waals surface area contributed by atoms with Gasteiger partial charge < -0.3 is 14.5 Å². The minimum absolute atomic E-state index is 0.0567. The van der Waals surface area contributed by atoms with Gasteiger partial charge in [0.2, 0.25) is 5.91 Å². The molecule has 4 nitrogen and oxygen atoms in total. The molecule has 0 bridgehead atoms. The van der Waals surface area contributed by atoms with Crippen molar-refractivity contribution < 1.29 is 13.9 Å². The van der Waals surface area contributed by atoms with Gasteiger partial charge in [-0.25, -0.2) is 0 Å². The molecule has 0 saturated carbocycles. The van der Waals surface area contributed by atoms with Crippen molar-refractivity contribution in [3.63, 3.8) is 0 Å². The van der Waals surface area contributed by atoms with Crippen molar-refractivity contribution in [2.24, 2.45) is 0 Å². The summed E-state index contributed by atoms with van der Waals surface area (Å²) in [6.07, 6.45) is 3.71. The fourth-order valence-electron chi connectivity index (χ4n) is 2.78. The third kappa shape index (κ3) is 4.63. The van der Waals surface area contributed by atoms with E-state index in [4.69, 9.17) is 9.15 Å². The first-order valence-electron chi connectivity index (χ1n) is 8.64. The average Bonchev–Trinajstić information content (AvgIpc) is 3.03. The van der Waals surface area contributed by atoms with Crippen LogP contribution in [0.1, 0.15) is 24.0 Å². The second kappa shape index (κ2) is 8.38. The summed E-state index contributed by atoms with van der Waals surface area (Å²) in [5.41, 5.74) is 3.12. The van der Waals surface area contributed by atoms with Gasteiger partial charge in [-0.1, -0.05) is 36.4 Å². The van der Waals surface area contributed by atoms with Gasteiger partial charge in [-0.3, -0.25) is 4.79 Å². The van der Waals surface area contributed by atoms with E-state index in [0.29, 0.717) is 26.0 Å². The maximum absolute atomic E-state index is 11.9. The Balaban J connectivity index is 1.35. The van der Waals surface area contributed by atoms with Crippen molar-refractivity contribution in [1.82, 2.24) is 5.32 Å². The lowest BCUT2D eigenvalue weighted by Crippen LogP contribution is -2.25. The smallest absolute Gasteiger partial charge is 0.220 e. The summed E-state index contributed by atoms with van der Waals surface area (Å²) < 4.78 is 11.2. The first kappa shape index (κ1) is 17.1. The third-order valence-corrected chi connectivity index (χ3v) is 4.18. The van der Waals surface area contributed by atoms with Crippen LogP contribution in [-0.2, 0) is 11.2 Å². The molecule has 4 heteroatoms. The molecule has 1 aromatic heterocycles. The Morgan fingerprint density at radius 1 is 1.12 bits per heavy atom. The van der Waals surface area contributed by atoms with Crippen LogP contribution < -0.4 is 10.1 Å². The molecule has 2 aromatic carbocycles. The van der Waals surface area contributed by atoms with Crippen molar-refractivity contribution in [2.45, 2.75) is 26.2 Å². The molecule has 0 saturated heterocycles. The highest BCUT2D eigenvalue weighted by atomic mass is 16.5. The van der Waals surface area contributed by atoms with Gasteiger partial charge >= 0.3 is 0 Å². The number of furan rings is 1. The van der Waals surface area contributed by atoms with Crippen LogP contribution in [0.25, 0.3) is 11.0 Å². The Bertz CT molecular complexity index is 838. The number of carbonyl (C=O) groups excluding carboxylic acids is 1. The van der Waals surface area contributed by atoms with Gasteiger partial charge in [-0.15, -0.1) is 0 Å². The van der Waals surface area contributed by atoms with Crippen LogP contribution in [-0.4, -0.2) is 19.1 Å². The Morgan fingerprint density at radius 3 is 2.80 bits per heavy atom. The second-order valence-electron chi connectivity index (χ2n) is 6.07. The maximum atomic E-state index is 11.9. The van der Waals surface area contributed by atoms with Crippen LogP contribution in [0.3, 0.4) is 0 Å². The van der Waals surface area contributed by atoms with Crippen molar-refractivity contribution in [2.75, 3.05) is 13.2 Å². The van der Waals surface area contributed by atoms with Gasteiger partial charge in [-0.2, -0.15) is 0 Å². The third-order valence-electron chi connectivity index (χ3n) is 4.18. The number of rotatable bonds is 8. The number of hydrogen-bond donors (Lipinski definition) is 1. The molecule has 1 heterocycles. The molecule has 1 amide bonds. The van der Waals surface area contributed by atoms with E-state index in [1.165, 1.54) is 0 Å². The summed E-state index contributed by atoms with van der Waals surface area (Å²) >= 11 is 0. The Kier molecular flexibility index (Phi) is 5.73. The molecule has 0 atom stereocenters. The molecular formula is C21H23NO3. The SMILES string of the molecule is Cc1ccccc1OCCCC(=O)NCCc1coc2ccccc12. The van der Waals surface area contributed by atoms with Gasteiger partial charge in [0.25, 0.3) is 0 Å². The van der Waals surface area contributed by atoms with Crippen molar-refractivity contribution in [3.05, 3.63) is 65.9 Å². The van der Waals surface area contributed by atoms with Gasteiger partial charge in [0.15, 0.2) is 0 Å². The highest BCUT2D eigenvalue weighted by Crippen LogP contribution is 2.20. The molecule has 0 aliphatic rings. The summed E-state index contributed by atoms with van der Waals surface area (Å²) in [5.74, 6) is 0.941. The highest BCUT2D eigenvalue weighted by molar-refractivity contribution is 5.81. The van der Waals surface area contributed by atoms with Crippen molar-refractivity contribution in [1.29, 1.82) is 0 Å². The second-order valence-corrected chi connectivity index (χ2v) is 6.07. The molecule has 0 spiro atoms. The minimum atomic E-state index is 0.0567. The average molecular weight is 337 g/mol. The van der Waals surface area contributed by atoms with E-state index in [9.17, 15) is 4.79 Å². The summed E-state index contributed by atoms with van der Waals surface area (Å²) in [7, 11) is 0. The Hall–Kier alpha value is -2.75. The van der Waals surface area contributed by atoms with Crippen LogP contribution in [0.5, 0.6) is 5.75 Å². The zero-order valence-electron chi connectivity index (χ0n) is 14.5. The summed E-state index contributed by atoms with van der Waals surface area (Å²) in [5, 5.41) is 4.07. The fraction of sp³-hybridized carbons (Fsp3) is 0.286. The topological polar surface area (TPSA) is 51.5 Å². The molecule has 0 aliphatic heterocycles. The summed E-state index contributed by atoms with van der Waals surface area (Å²) in [6, 6.07) is 15.8. The van der Waals surface area contributed by atoms with E-state index < -0.39 is 0 Å². The number of benzene rings is 2. The number of carbonyl (C=O) groups is 1. The highest BCUT2D eigenvalue weighted by Gasteiger charge is 2.06. The quantitative estimate of drug-likeness (QED) is 0.625. The minimum Gasteiger partial charge on any atom is -0.493 e. The number of fused-ring (bicyclic) bond motifs is 1. The predicted octanol–water partition coefficient (Wildman–Crippen LogP) is 4.26. The number of nitrogens with one attached hydrogen (secondary N) is 1. The zero-order valence-corrected chi connectivity index (χ0v) is 14.5. The van der Waals surface area contributed by atoms with Crippen LogP contribution in [0, 0.1) is 6.92 Å². The lowest BCUT2D eigenvalue weighted by Gasteiger charge is -2.09. The molecular weight excluding hydrogens is 314 g/mol. The summed E-state index contributed by atoms with van der Waals surface area (Å²) in [4.78, 5) is 11.9. The normalized spacial score (nSPS) is 10.8. The molecule has 0 fully saturated rings. The van der Waals surface area contributed by atoms with E-state index in [0.717, 1.165) is 34.3 Å². The van der Waals surface area contributed by atoms with E-state index in [1.807, 2.05) is 55.5 Å². The van der Waals surface area contributed by atoms with Gasteiger partial charge in [0.05, 0.1) is 12.9 Å². The number of amides is 1. The first-order chi connectivity index (χ1) is 12.2. The molecule has 0 aliphatic carbocycles. The van der Waals surface area contributed by atoms with Crippen LogP contribution in [0.15, 0.2) is 59.2 Å². The number of para-hydroxylation sites is 2. The first-order valence-corrected chi connectivity index (χ1v) is 8.64. The monoisotopic (exact) mass is 337 g/mol. The summed E-state index contributed by atoms with van der Waals surface area (Å²) in [6.45, 7) is 3.17. The lowest BCUT2D eigenvalue weighted by molar-refractivity contribution is -0.121. The largest absolute Gasteiger partial charge is 0.493 e. The van der Waals surface area contributed by atoms with E-state index in [2.05, 4.69) is 5.32 Å². The lowest BCUT2D eigenvalue weighted by atomic mass is 10.1. The maximum Gasteiger partial charge on any atom is 0.220 e. The zero-order chi connectivity index (χ0) is 17.5.